The summed E-state index contributed by atoms with van der Waals surface area (Å²) in [7, 11) is 0. The Bertz CT molecular complexity index is 250. The molecule has 24 heavy (non-hydrogen) atoms. The van der Waals surface area contributed by atoms with Crippen LogP contribution in [-0.2, 0) is 70.2 Å². The van der Waals surface area contributed by atoms with Crippen molar-refractivity contribution in [2.75, 3.05) is 13.2 Å². The van der Waals surface area contributed by atoms with Gasteiger partial charge in [-0.3, -0.25) is 5.92 Å². The van der Waals surface area contributed by atoms with Gasteiger partial charge in [0.2, 0.25) is 0 Å². The van der Waals surface area contributed by atoms with E-state index in [2.05, 4.69) is 41.5 Å². The van der Waals surface area contributed by atoms with Gasteiger partial charge in [0.1, 0.15) is 0 Å². The molecule has 0 bridgehead atoms. The average Bonchev–Trinajstić information content (AvgIpc) is 2.91. The van der Waals surface area contributed by atoms with Gasteiger partial charge in [-0.15, -0.1) is 0 Å². The van der Waals surface area contributed by atoms with Crippen LogP contribution < -0.4 is 0 Å². The Kier molecular flexibility index (Phi) is 23.8. The Hall–Kier alpha value is 2.13. The van der Waals surface area contributed by atoms with E-state index in [-0.39, 0.29) is 65.4 Å². The van der Waals surface area contributed by atoms with E-state index in [4.69, 9.17) is 4.74 Å². The molecule has 1 atom stereocenters. The fourth-order valence-electron chi connectivity index (χ4n) is 2.43. The number of aliphatic hydroxyl groups is 1. The van der Waals surface area contributed by atoms with Gasteiger partial charge in [0.05, 0.1) is 0 Å². The molecule has 1 fully saturated rings. The van der Waals surface area contributed by atoms with E-state index in [9.17, 15) is 5.11 Å². The van der Waals surface area contributed by atoms with Crippen LogP contribution in [0.25, 0.3) is 0 Å². The van der Waals surface area contributed by atoms with Crippen molar-refractivity contribution in [2.45, 2.75) is 84.7 Å². The van der Waals surface area contributed by atoms with Gasteiger partial charge >= 0.3 is 0 Å². The minimum Gasteiger partial charge on any atom is -0.425 e. The first-order chi connectivity index (χ1) is 10.3. The minimum absolute atomic E-state index is 0. The maximum absolute atomic E-state index is 9.46. The zero-order valence-electron chi connectivity index (χ0n) is 16.7. The van der Waals surface area contributed by atoms with Gasteiger partial charge in [-0.05, 0) is 11.8 Å². The molecular weight excluding hydrogens is 450 g/mol. The molecule has 140 valence electrons. The predicted octanol–water partition coefficient (Wildman–Crippen LogP) is 5.40. The van der Waals surface area contributed by atoms with Crippen LogP contribution in [0.2, 0.25) is 0 Å². The summed E-state index contributed by atoms with van der Waals surface area (Å²) in [5, 5.41) is 9.46. The normalized spacial score (nSPS) is 16.9. The van der Waals surface area contributed by atoms with Gasteiger partial charge in [0.25, 0.3) is 0 Å². The largest absolute Gasteiger partial charge is 0.425 e. The first-order valence-electron chi connectivity index (χ1n) is 9.05. The Balaban J connectivity index is -0.000000339. The molecule has 0 aromatic rings. The van der Waals surface area contributed by atoms with Crippen molar-refractivity contribution >= 4 is 0 Å². The molecule has 2 radical (unpaired) electrons. The molecule has 0 aromatic heterocycles. The molecule has 4 heteroatoms. The SMILES string of the molecule is CC(C)CCC[C-]1CCOC1.[CH2-]CC([CH2-])(O)CCCC(C)C.[Y].[Y]. The van der Waals surface area contributed by atoms with Gasteiger partial charge in [-0.25, -0.2) is 0 Å². The summed E-state index contributed by atoms with van der Waals surface area (Å²) in [6.45, 7) is 18.2. The number of ether oxygens (including phenoxy) is 1. The third-order valence-corrected chi connectivity index (χ3v) is 4.11. The van der Waals surface area contributed by atoms with Crippen molar-refractivity contribution in [3.63, 3.8) is 0 Å². The fourth-order valence-corrected chi connectivity index (χ4v) is 2.43. The zero-order chi connectivity index (χ0) is 17.0. The van der Waals surface area contributed by atoms with Crippen LogP contribution in [0.1, 0.15) is 79.1 Å². The summed E-state index contributed by atoms with van der Waals surface area (Å²) >= 11 is 0. The van der Waals surface area contributed by atoms with Crippen molar-refractivity contribution in [2.24, 2.45) is 11.8 Å². The van der Waals surface area contributed by atoms with E-state index < -0.39 is 5.60 Å². The Morgan fingerprint density at radius 3 is 2.04 bits per heavy atom. The summed E-state index contributed by atoms with van der Waals surface area (Å²) in [5.74, 6) is 3.21. The Morgan fingerprint density at radius 1 is 1.08 bits per heavy atom. The van der Waals surface area contributed by atoms with Crippen molar-refractivity contribution in [3.05, 3.63) is 19.8 Å². The van der Waals surface area contributed by atoms with Crippen molar-refractivity contribution in [1.29, 1.82) is 0 Å². The molecule has 1 heterocycles. The molecule has 2 nitrogen and oxygen atoms in total. The van der Waals surface area contributed by atoms with E-state index >= 15 is 0 Å². The molecule has 1 aliphatic heterocycles. The third kappa shape index (κ3) is 20.4. The zero-order valence-corrected chi connectivity index (χ0v) is 22.3. The minimum atomic E-state index is -0.783. The van der Waals surface area contributed by atoms with Crippen molar-refractivity contribution < 1.29 is 75.3 Å². The summed E-state index contributed by atoms with van der Waals surface area (Å²) in [6, 6.07) is 0. The maximum atomic E-state index is 9.46. The molecule has 0 saturated carbocycles. The van der Waals surface area contributed by atoms with Crippen LogP contribution in [-0.4, -0.2) is 23.9 Å². The van der Waals surface area contributed by atoms with E-state index in [1.165, 1.54) is 25.7 Å². The van der Waals surface area contributed by atoms with Gasteiger partial charge in [0.15, 0.2) is 0 Å². The molecule has 1 rings (SSSR count). The second-order valence-corrected chi connectivity index (χ2v) is 7.60. The second-order valence-electron chi connectivity index (χ2n) is 7.60. The standard InChI is InChI=1S/C10H19O.C10H20O.2Y/c1-9(2)4-3-5-10-6-7-11-8-10;1-5-10(4,11)8-6-7-9(2)3;;/h9H,3-8H2,1-2H3;9,11H,1,4-8H2,2-3H3;;/q-1;-2;;. The van der Waals surface area contributed by atoms with Crippen LogP contribution >= 0.6 is 0 Å². The number of hydrogen-bond donors (Lipinski definition) is 1. The first kappa shape index (κ1) is 30.8. The third-order valence-electron chi connectivity index (χ3n) is 4.11. The molecule has 0 aromatic carbocycles. The van der Waals surface area contributed by atoms with E-state index in [1.54, 1.807) is 5.92 Å². The van der Waals surface area contributed by atoms with Gasteiger partial charge < -0.3 is 23.7 Å². The number of rotatable bonds is 9. The summed E-state index contributed by atoms with van der Waals surface area (Å²) in [5.41, 5.74) is -0.783. The average molecular weight is 489 g/mol. The molecule has 0 aliphatic carbocycles. The molecule has 1 saturated heterocycles. The van der Waals surface area contributed by atoms with Crippen molar-refractivity contribution in [1.82, 2.24) is 0 Å². The van der Waals surface area contributed by atoms with E-state index in [1.807, 2.05) is 0 Å². The van der Waals surface area contributed by atoms with Gasteiger partial charge in [-0.2, -0.15) is 19.3 Å². The van der Waals surface area contributed by atoms with Crippen LogP contribution in [0.5, 0.6) is 0 Å². The summed E-state index contributed by atoms with van der Waals surface area (Å²) in [4.78, 5) is 0. The monoisotopic (exact) mass is 489 g/mol. The first-order valence-corrected chi connectivity index (χ1v) is 9.05. The smallest absolute Gasteiger partial charge is 0.0164 e. The Labute approximate surface area is 202 Å². The van der Waals surface area contributed by atoms with Gasteiger partial charge in [-0.1, -0.05) is 72.0 Å². The van der Waals surface area contributed by atoms with Gasteiger partial charge in [0, 0.05) is 72.0 Å². The van der Waals surface area contributed by atoms with E-state index in [0.717, 1.165) is 44.3 Å². The molecule has 1 unspecified atom stereocenters. The maximum Gasteiger partial charge on any atom is 0.0164 e. The second kappa shape index (κ2) is 18.5. The number of hydrogen-bond acceptors (Lipinski definition) is 2. The van der Waals surface area contributed by atoms with Crippen LogP contribution in [0.4, 0.5) is 0 Å². The van der Waals surface area contributed by atoms with Crippen LogP contribution in [0.3, 0.4) is 0 Å². The topological polar surface area (TPSA) is 29.5 Å². The van der Waals surface area contributed by atoms with Crippen LogP contribution in [0, 0.1) is 31.6 Å². The van der Waals surface area contributed by atoms with E-state index in [0.29, 0.717) is 6.42 Å². The predicted molar refractivity (Wildman–Crippen MR) is 96.3 cm³/mol. The Morgan fingerprint density at radius 2 is 1.62 bits per heavy atom. The molecule has 1 N–H and O–H groups in total. The molecular formula is C20H39O2Y2-3. The van der Waals surface area contributed by atoms with Crippen molar-refractivity contribution in [3.8, 4) is 0 Å². The summed E-state index contributed by atoms with van der Waals surface area (Å²) < 4.78 is 5.28. The fraction of sp³-hybridized carbons (Fsp3) is 0.850. The van der Waals surface area contributed by atoms with Crippen LogP contribution in [0.15, 0.2) is 0 Å². The molecule has 1 aliphatic rings. The summed E-state index contributed by atoms with van der Waals surface area (Å²) in [6.07, 6.45) is 8.74. The molecule has 0 spiro atoms. The quantitative estimate of drug-likeness (QED) is 0.440. The molecule has 0 amide bonds.